The van der Waals surface area contributed by atoms with E-state index in [-0.39, 0.29) is 10.6 Å². The van der Waals surface area contributed by atoms with Crippen molar-refractivity contribution < 1.29 is 16.4 Å². The monoisotopic (exact) mass is 203 g/mol. The fourth-order valence-electron chi connectivity index (χ4n) is 0.988. The van der Waals surface area contributed by atoms with Crippen molar-refractivity contribution in [3.63, 3.8) is 0 Å². The highest BCUT2D eigenvalue weighted by atomic mass is 15.2. The third-order valence-electron chi connectivity index (χ3n) is 1.63. The molecule has 1 aromatic heterocycles. The van der Waals surface area contributed by atoms with Gasteiger partial charge >= 0.3 is 0 Å². The van der Waals surface area contributed by atoms with E-state index in [1.807, 2.05) is 0 Å². The topological polar surface area (TPSA) is 42.1 Å². The molecule has 3 nitrogen and oxygen atoms in total. The van der Waals surface area contributed by atoms with Crippen LogP contribution in [0.5, 0.6) is 0 Å². The molecular formula is C11H17N3. The van der Waals surface area contributed by atoms with Crippen molar-refractivity contribution in [2.24, 2.45) is 0 Å². The molecule has 1 aliphatic rings. The van der Waals surface area contributed by atoms with E-state index in [0.717, 1.165) is 12.3 Å². The number of nitrogen functional groups attached to an aromatic ring is 1. The first-order valence-corrected chi connectivity index (χ1v) is 3.89. The van der Waals surface area contributed by atoms with Crippen LogP contribution >= 0.6 is 0 Å². The van der Waals surface area contributed by atoms with Gasteiger partial charge in [-0.1, -0.05) is 0 Å². The molecule has 3 heteroatoms. The second kappa shape index (κ2) is 3.86. The van der Waals surface area contributed by atoms with Gasteiger partial charge in [-0.25, -0.2) is 4.98 Å². The van der Waals surface area contributed by atoms with Gasteiger partial charge in [0, 0.05) is 27.6 Å². The molecule has 1 fully saturated rings. The molecule has 1 aliphatic heterocycles. The Morgan fingerprint density at radius 1 is 1.71 bits per heavy atom. The van der Waals surface area contributed by atoms with Gasteiger partial charge in [0.1, 0.15) is 5.82 Å². The first-order valence-electron chi connectivity index (χ1n) is 9.89. The minimum absolute atomic E-state index is 0.0494. The maximum atomic E-state index is 8.38. The van der Waals surface area contributed by atoms with Crippen LogP contribution in [-0.2, 0) is 0 Å². The molecule has 14 heavy (non-hydrogen) atoms. The lowest BCUT2D eigenvalue weighted by Gasteiger charge is -2.34. The summed E-state index contributed by atoms with van der Waals surface area (Å²) >= 11 is 0. The first-order chi connectivity index (χ1) is 11.4. The number of anilines is 2. The van der Waals surface area contributed by atoms with E-state index in [9.17, 15) is 0 Å². The molecule has 1 unspecified atom stereocenters. The Kier molecular flexibility index (Phi) is 0.732. The summed E-state index contributed by atoms with van der Waals surface area (Å²) in [5, 5.41) is 0. The van der Waals surface area contributed by atoms with Crippen molar-refractivity contribution in [2.75, 3.05) is 17.1 Å². The van der Waals surface area contributed by atoms with Gasteiger partial charge in [0.15, 0.2) is 0 Å². The average molecular weight is 203 g/mol. The summed E-state index contributed by atoms with van der Waals surface area (Å²) < 4.78 is 95.1. The number of pyridine rings is 1. The maximum Gasteiger partial charge on any atom is 0.128 e. The van der Waals surface area contributed by atoms with Crippen molar-refractivity contribution in [3.05, 3.63) is 18.3 Å². The summed E-state index contributed by atoms with van der Waals surface area (Å²) in [5.41, 5.74) is 5.61. The van der Waals surface area contributed by atoms with Crippen molar-refractivity contribution in [2.45, 2.75) is 32.0 Å². The molecule has 76 valence electrons. The van der Waals surface area contributed by atoms with Crippen LogP contribution in [0.4, 0.5) is 11.5 Å². The quantitative estimate of drug-likeness (QED) is 0.759. The van der Waals surface area contributed by atoms with Crippen LogP contribution in [0, 0.1) is 0 Å². The lowest BCUT2D eigenvalue weighted by atomic mass is 10.0. The van der Waals surface area contributed by atoms with Gasteiger partial charge in [0.05, 0.1) is 13.3 Å². The van der Waals surface area contributed by atoms with E-state index in [0.29, 0.717) is 0 Å². The molecule has 0 aliphatic carbocycles. The molecule has 1 aromatic rings. The molecule has 0 amide bonds. The first kappa shape index (κ1) is 2.65. The second-order valence-corrected chi connectivity index (χ2v) is 2.62. The van der Waals surface area contributed by atoms with E-state index >= 15 is 0 Å². The molecule has 0 spiro atoms. The van der Waals surface area contributed by atoms with Crippen LogP contribution in [0.3, 0.4) is 0 Å². The molecule has 2 heterocycles. The van der Waals surface area contributed by atoms with Gasteiger partial charge in [-0.15, -0.1) is 0 Å². The number of rotatable bonds is 1. The third-order valence-corrected chi connectivity index (χ3v) is 1.63. The number of piperidine rings is 1. The predicted octanol–water partition coefficient (Wildman–Crippen LogP) is 2.04. The van der Waals surface area contributed by atoms with Crippen molar-refractivity contribution >= 4 is 11.5 Å². The van der Waals surface area contributed by atoms with Crippen molar-refractivity contribution in [3.8, 4) is 0 Å². The highest BCUT2D eigenvalue weighted by Crippen LogP contribution is 2.22. The van der Waals surface area contributed by atoms with Gasteiger partial charge < -0.3 is 10.6 Å². The van der Waals surface area contributed by atoms with Crippen LogP contribution in [-0.4, -0.2) is 17.5 Å². The minimum Gasteiger partial charge on any atom is -0.397 e. The Labute approximate surface area is 102 Å². The second-order valence-electron chi connectivity index (χ2n) is 2.62. The van der Waals surface area contributed by atoms with Crippen LogP contribution in [0.1, 0.15) is 42.4 Å². The van der Waals surface area contributed by atoms with Crippen LogP contribution < -0.4 is 10.6 Å². The zero-order valence-electron chi connectivity index (χ0n) is 19.2. The normalized spacial score (nSPS) is 55.6. The molecule has 0 bridgehead atoms. The fourth-order valence-corrected chi connectivity index (χ4v) is 0.988. The highest BCUT2D eigenvalue weighted by Gasteiger charge is 2.18. The Bertz CT molecular complexity index is 697. The van der Waals surface area contributed by atoms with E-state index in [1.165, 1.54) is 6.07 Å². The number of hydrogen-bond donors (Lipinski definition) is 1. The average Bonchev–Trinajstić information content (AvgIpc) is 2.46. The van der Waals surface area contributed by atoms with Crippen molar-refractivity contribution in [1.29, 1.82) is 0 Å². The molecular weight excluding hydrogens is 174 g/mol. The predicted molar refractivity (Wildman–Crippen MR) is 59.3 cm³/mol. The summed E-state index contributed by atoms with van der Waals surface area (Å²) in [4.78, 5) is 3.77. The Morgan fingerprint density at radius 2 is 2.64 bits per heavy atom. The number of aromatic nitrogens is 1. The van der Waals surface area contributed by atoms with E-state index in [2.05, 4.69) is 4.98 Å². The largest absolute Gasteiger partial charge is 0.397 e. The summed E-state index contributed by atoms with van der Waals surface area (Å²) in [6, 6.07) is -1.30. The zero-order valence-corrected chi connectivity index (χ0v) is 7.20. The van der Waals surface area contributed by atoms with E-state index < -0.39 is 44.3 Å². The Morgan fingerprint density at radius 3 is 3.36 bits per heavy atom. The number of nitrogens with zero attached hydrogens (tertiary/aromatic N) is 2. The summed E-state index contributed by atoms with van der Waals surface area (Å²) in [6.45, 7) is -6.99. The minimum atomic E-state index is -3.65. The maximum absolute atomic E-state index is 8.38. The van der Waals surface area contributed by atoms with Crippen LogP contribution in [0.25, 0.3) is 0 Å². The molecule has 0 radical (unpaired) electrons. The van der Waals surface area contributed by atoms with Crippen LogP contribution in [0.2, 0.25) is 0 Å². The lowest BCUT2D eigenvalue weighted by molar-refractivity contribution is 0.481. The van der Waals surface area contributed by atoms with E-state index in [4.69, 9.17) is 22.2 Å². The van der Waals surface area contributed by atoms with E-state index in [1.54, 1.807) is 0 Å². The number of hydrogen-bond acceptors (Lipinski definition) is 3. The Hall–Kier alpha value is -1.25. The molecule has 2 rings (SSSR count). The van der Waals surface area contributed by atoms with Gasteiger partial charge in [-0.2, -0.15) is 0 Å². The lowest BCUT2D eigenvalue weighted by Crippen LogP contribution is -2.37. The third kappa shape index (κ3) is 1.81. The number of nitrogens with two attached hydrogens (primary N) is 1. The zero-order chi connectivity index (χ0) is 20.6. The van der Waals surface area contributed by atoms with Crippen molar-refractivity contribution in [1.82, 2.24) is 4.98 Å². The smallest absolute Gasteiger partial charge is 0.128 e. The SMILES string of the molecule is [2H]C([2H])([2H])C1([2H])N(c2ccc(N)cn2)C([2H])([2H])C([2H])([2H])C([2H])([2H])C1([2H])[2H]. The summed E-state index contributed by atoms with van der Waals surface area (Å²) in [7, 11) is 0. The molecule has 0 aromatic carbocycles. The Balaban J connectivity index is 2.94. The van der Waals surface area contributed by atoms with Gasteiger partial charge in [0.2, 0.25) is 0 Å². The summed E-state index contributed by atoms with van der Waals surface area (Å²) in [6.07, 6.45) is -9.81. The van der Waals surface area contributed by atoms with Gasteiger partial charge in [0.25, 0.3) is 0 Å². The molecule has 1 saturated heterocycles. The fraction of sp³-hybridized carbons (Fsp3) is 0.545. The van der Waals surface area contributed by atoms with Gasteiger partial charge in [-0.05, 0) is 38.1 Å². The van der Waals surface area contributed by atoms with Crippen LogP contribution in [0.15, 0.2) is 18.3 Å². The highest BCUT2D eigenvalue weighted by molar-refractivity contribution is 5.46. The molecule has 1 atom stereocenters. The summed E-state index contributed by atoms with van der Waals surface area (Å²) in [5.74, 6) is -0.557. The molecule has 0 saturated carbocycles. The van der Waals surface area contributed by atoms with Gasteiger partial charge in [-0.3, -0.25) is 0 Å². The standard InChI is InChI=1S/C11H17N3/c1-9-4-2-3-7-14(9)11-6-5-10(12)8-13-11/h5-6,8-9H,2-4,7,12H2,1H3/i1D3,2D2,3D2,4D2,7D2,9D. The molecule has 2 N–H and O–H groups in total.